The van der Waals surface area contributed by atoms with E-state index in [0.717, 1.165) is 24.8 Å². The molecule has 2 aromatic carbocycles. The Labute approximate surface area is 136 Å². The van der Waals surface area contributed by atoms with Crippen LogP contribution in [0.3, 0.4) is 0 Å². The third-order valence-corrected chi connectivity index (χ3v) is 3.81. The van der Waals surface area contributed by atoms with Gasteiger partial charge in [0, 0.05) is 12.0 Å². The fraction of sp³-hybridized carbons (Fsp3) is 0.250. The molecule has 23 heavy (non-hydrogen) atoms. The van der Waals surface area contributed by atoms with Crippen LogP contribution in [0.15, 0.2) is 54.6 Å². The van der Waals surface area contributed by atoms with Crippen LogP contribution in [-0.4, -0.2) is 12.6 Å². The van der Waals surface area contributed by atoms with Gasteiger partial charge in [0.15, 0.2) is 0 Å². The van der Waals surface area contributed by atoms with Crippen LogP contribution in [0, 0.1) is 0 Å². The topological polar surface area (TPSA) is 35.5 Å². The molecular formula is C20H20O3. The van der Waals surface area contributed by atoms with Crippen LogP contribution in [-0.2, 0) is 11.2 Å². The predicted molar refractivity (Wildman–Crippen MR) is 90.4 cm³/mol. The minimum atomic E-state index is -0.322. The highest BCUT2D eigenvalue weighted by atomic mass is 16.5. The van der Waals surface area contributed by atoms with Gasteiger partial charge in [-0.1, -0.05) is 55.8 Å². The molecule has 0 saturated carbocycles. The van der Waals surface area contributed by atoms with Gasteiger partial charge in [-0.3, -0.25) is 0 Å². The van der Waals surface area contributed by atoms with Gasteiger partial charge in [-0.15, -0.1) is 0 Å². The maximum absolute atomic E-state index is 12.1. The zero-order valence-corrected chi connectivity index (χ0v) is 13.2. The van der Waals surface area contributed by atoms with Gasteiger partial charge < -0.3 is 9.47 Å². The summed E-state index contributed by atoms with van der Waals surface area (Å²) in [6.45, 7) is 2.62. The molecule has 3 heteroatoms. The van der Waals surface area contributed by atoms with E-state index in [0.29, 0.717) is 23.7 Å². The SMILES string of the molecule is CCC/C=C1\OC(=O)c2c(OCCc3ccccc3)cccc21. The molecule has 1 aliphatic rings. The van der Waals surface area contributed by atoms with E-state index in [1.807, 2.05) is 42.5 Å². The molecule has 3 nitrogen and oxygen atoms in total. The van der Waals surface area contributed by atoms with Gasteiger partial charge >= 0.3 is 5.97 Å². The van der Waals surface area contributed by atoms with Gasteiger partial charge in [0.25, 0.3) is 0 Å². The first-order valence-corrected chi connectivity index (χ1v) is 8.02. The molecule has 0 radical (unpaired) electrons. The lowest BCUT2D eigenvalue weighted by Crippen LogP contribution is -2.05. The molecule has 0 N–H and O–H groups in total. The third kappa shape index (κ3) is 3.45. The van der Waals surface area contributed by atoms with Crippen LogP contribution in [0.2, 0.25) is 0 Å². The second-order valence-corrected chi connectivity index (χ2v) is 5.51. The van der Waals surface area contributed by atoms with E-state index in [1.54, 1.807) is 0 Å². The summed E-state index contributed by atoms with van der Waals surface area (Å²) in [6.07, 6.45) is 4.68. The lowest BCUT2D eigenvalue weighted by Gasteiger charge is -2.08. The molecule has 0 saturated heterocycles. The summed E-state index contributed by atoms with van der Waals surface area (Å²) in [5.41, 5.74) is 2.59. The minimum absolute atomic E-state index is 0.322. The Bertz CT molecular complexity index is 717. The van der Waals surface area contributed by atoms with Gasteiger partial charge in [-0.25, -0.2) is 4.79 Å². The summed E-state index contributed by atoms with van der Waals surface area (Å²) in [4.78, 5) is 12.1. The van der Waals surface area contributed by atoms with Gasteiger partial charge in [-0.2, -0.15) is 0 Å². The Balaban J connectivity index is 1.74. The van der Waals surface area contributed by atoms with Crippen LogP contribution in [0.5, 0.6) is 5.75 Å². The molecule has 1 heterocycles. The maximum atomic E-state index is 12.1. The summed E-state index contributed by atoms with van der Waals surface area (Å²) in [5.74, 6) is 0.932. The normalized spacial score (nSPS) is 14.7. The van der Waals surface area contributed by atoms with Crippen molar-refractivity contribution in [2.45, 2.75) is 26.2 Å². The molecule has 0 amide bonds. The first-order valence-electron chi connectivity index (χ1n) is 8.02. The molecule has 2 aromatic rings. The number of carbonyl (C=O) groups is 1. The number of ether oxygens (including phenoxy) is 2. The lowest BCUT2D eigenvalue weighted by molar-refractivity contribution is 0.0711. The lowest BCUT2D eigenvalue weighted by atomic mass is 10.1. The van der Waals surface area contributed by atoms with Crippen molar-refractivity contribution in [3.05, 3.63) is 71.3 Å². The Kier molecular flexibility index (Phi) is 4.77. The Morgan fingerprint density at radius 3 is 2.70 bits per heavy atom. The number of carbonyl (C=O) groups excluding carboxylic acids is 1. The monoisotopic (exact) mass is 308 g/mol. The van der Waals surface area contributed by atoms with Crippen LogP contribution >= 0.6 is 0 Å². The van der Waals surface area contributed by atoms with Gasteiger partial charge in [-0.05, 0) is 24.1 Å². The highest BCUT2D eigenvalue weighted by Crippen LogP contribution is 2.36. The number of unbranched alkanes of at least 4 members (excludes halogenated alkanes) is 1. The van der Waals surface area contributed by atoms with Crippen molar-refractivity contribution in [1.82, 2.24) is 0 Å². The Morgan fingerprint density at radius 2 is 1.91 bits per heavy atom. The number of hydrogen-bond donors (Lipinski definition) is 0. The number of rotatable bonds is 6. The Morgan fingerprint density at radius 1 is 1.09 bits per heavy atom. The van der Waals surface area contributed by atoms with E-state index >= 15 is 0 Å². The van der Waals surface area contributed by atoms with Crippen molar-refractivity contribution in [1.29, 1.82) is 0 Å². The van der Waals surface area contributed by atoms with Crippen LogP contribution < -0.4 is 4.74 Å². The second-order valence-electron chi connectivity index (χ2n) is 5.51. The number of esters is 1. The smallest absolute Gasteiger partial charge is 0.348 e. The van der Waals surface area contributed by atoms with Crippen molar-refractivity contribution in [3.8, 4) is 5.75 Å². The van der Waals surface area contributed by atoms with Gasteiger partial charge in [0.05, 0.1) is 6.61 Å². The first kappa shape index (κ1) is 15.3. The van der Waals surface area contributed by atoms with E-state index in [2.05, 4.69) is 19.1 Å². The fourth-order valence-corrected chi connectivity index (χ4v) is 2.62. The number of allylic oxidation sites excluding steroid dienone is 1. The summed E-state index contributed by atoms with van der Waals surface area (Å²) >= 11 is 0. The molecule has 0 atom stereocenters. The molecule has 3 rings (SSSR count). The number of fused-ring (bicyclic) bond motifs is 1. The number of benzene rings is 2. The number of hydrogen-bond acceptors (Lipinski definition) is 3. The molecule has 118 valence electrons. The molecule has 0 spiro atoms. The van der Waals surface area contributed by atoms with E-state index < -0.39 is 0 Å². The molecular weight excluding hydrogens is 288 g/mol. The quantitative estimate of drug-likeness (QED) is 0.730. The molecule has 0 aromatic heterocycles. The molecule has 0 bridgehead atoms. The second kappa shape index (κ2) is 7.14. The van der Waals surface area contributed by atoms with Crippen molar-refractivity contribution in [2.75, 3.05) is 6.61 Å². The molecule has 0 unspecified atom stereocenters. The summed E-state index contributed by atoms with van der Waals surface area (Å²) in [5, 5.41) is 0. The molecule has 0 fully saturated rings. The largest absolute Gasteiger partial charge is 0.492 e. The van der Waals surface area contributed by atoms with Crippen molar-refractivity contribution >= 4 is 11.7 Å². The van der Waals surface area contributed by atoms with Crippen molar-refractivity contribution < 1.29 is 14.3 Å². The summed E-state index contributed by atoms with van der Waals surface area (Å²) in [6, 6.07) is 15.8. The zero-order valence-electron chi connectivity index (χ0n) is 13.2. The predicted octanol–water partition coefficient (Wildman–Crippen LogP) is 4.62. The van der Waals surface area contributed by atoms with Crippen molar-refractivity contribution in [2.24, 2.45) is 0 Å². The average Bonchev–Trinajstić information content (AvgIpc) is 2.91. The Hall–Kier alpha value is -2.55. The van der Waals surface area contributed by atoms with E-state index in [4.69, 9.17) is 9.47 Å². The van der Waals surface area contributed by atoms with E-state index in [9.17, 15) is 4.79 Å². The highest BCUT2D eigenvalue weighted by molar-refractivity contribution is 6.05. The zero-order chi connectivity index (χ0) is 16.1. The van der Waals surface area contributed by atoms with Crippen LogP contribution in [0.25, 0.3) is 5.76 Å². The minimum Gasteiger partial charge on any atom is -0.492 e. The van der Waals surface area contributed by atoms with Gasteiger partial charge in [0.1, 0.15) is 17.1 Å². The summed E-state index contributed by atoms with van der Waals surface area (Å²) < 4.78 is 11.2. The average molecular weight is 308 g/mol. The standard InChI is InChI=1S/C20H20O3/c1-2-3-11-17-16-10-7-12-18(19(16)20(21)23-17)22-14-13-15-8-5-4-6-9-15/h4-12H,2-3,13-14H2,1H3/b17-11-. The third-order valence-electron chi connectivity index (χ3n) is 3.81. The van der Waals surface area contributed by atoms with Crippen LogP contribution in [0.1, 0.15) is 41.3 Å². The maximum Gasteiger partial charge on any atom is 0.348 e. The molecule has 0 aliphatic carbocycles. The van der Waals surface area contributed by atoms with E-state index in [-0.39, 0.29) is 5.97 Å². The highest BCUT2D eigenvalue weighted by Gasteiger charge is 2.29. The van der Waals surface area contributed by atoms with Gasteiger partial charge in [0.2, 0.25) is 0 Å². The summed E-state index contributed by atoms with van der Waals surface area (Å²) in [7, 11) is 0. The fourth-order valence-electron chi connectivity index (χ4n) is 2.62. The first-order chi connectivity index (χ1) is 11.3. The van der Waals surface area contributed by atoms with Crippen molar-refractivity contribution in [3.63, 3.8) is 0 Å². The molecule has 1 aliphatic heterocycles. The van der Waals surface area contributed by atoms with E-state index in [1.165, 1.54) is 5.56 Å². The van der Waals surface area contributed by atoms with Crippen LogP contribution in [0.4, 0.5) is 0 Å². The number of cyclic esters (lactones) is 1.